The van der Waals surface area contributed by atoms with Gasteiger partial charge < -0.3 is 13.9 Å². The van der Waals surface area contributed by atoms with E-state index < -0.39 is 6.04 Å². The largest absolute Gasteiger partial charge is 0.467 e. The number of pyridine rings is 1. The van der Waals surface area contributed by atoms with Gasteiger partial charge in [0.25, 0.3) is 11.5 Å². The van der Waals surface area contributed by atoms with Crippen molar-refractivity contribution >= 4 is 23.2 Å². The Hall–Kier alpha value is -3.98. The van der Waals surface area contributed by atoms with E-state index in [-0.39, 0.29) is 23.5 Å². The summed E-state index contributed by atoms with van der Waals surface area (Å²) in [6, 6.07) is 8.91. The van der Waals surface area contributed by atoms with Crippen LogP contribution in [-0.4, -0.2) is 37.1 Å². The molecular weight excluding hydrogens is 480 g/mol. The van der Waals surface area contributed by atoms with Crippen molar-refractivity contribution in [2.75, 3.05) is 12.0 Å². The number of methoxy groups -OCH3 is 1. The summed E-state index contributed by atoms with van der Waals surface area (Å²) in [6.07, 6.45) is 4.95. The lowest BCUT2D eigenvalue weighted by atomic mass is 10.0. The van der Waals surface area contributed by atoms with Gasteiger partial charge in [-0.25, -0.2) is 15.0 Å². The van der Waals surface area contributed by atoms with Crippen LogP contribution in [0.2, 0.25) is 5.02 Å². The van der Waals surface area contributed by atoms with Crippen LogP contribution in [0.3, 0.4) is 0 Å². The maximum absolute atomic E-state index is 14.0. The molecule has 1 unspecified atom stereocenters. The van der Waals surface area contributed by atoms with Crippen LogP contribution in [-0.2, 0) is 7.05 Å². The van der Waals surface area contributed by atoms with Crippen LogP contribution in [0.15, 0.2) is 53.7 Å². The molecule has 4 heterocycles. The molecule has 0 N–H and O–H groups in total. The fourth-order valence-electron chi connectivity index (χ4n) is 4.69. The standard InChI is InChI=1S/C26H25ClN6O3/c1-14(2)32-22-20(30-23(32)17-11-28-26(36-5)29-12-17)25(35)33(19-10-15(3)24(34)31(4)13-19)21(22)16-6-8-18(27)9-7-16/h6-14,21H,1-5H3. The van der Waals surface area contributed by atoms with E-state index in [1.807, 2.05) is 30.5 Å². The topological polar surface area (TPSA) is 95.1 Å². The number of imidazole rings is 1. The molecule has 184 valence electrons. The Morgan fingerprint density at radius 3 is 2.33 bits per heavy atom. The number of hydrogen-bond acceptors (Lipinski definition) is 6. The molecule has 9 nitrogen and oxygen atoms in total. The number of rotatable bonds is 5. The molecule has 0 aliphatic carbocycles. The molecule has 0 spiro atoms. The number of ether oxygens (including phenoxy) is 1. The summed E-state index contributed by atoms with van der Waals surface area (Å²) >= 11 is 6.19. The number of carbonyl (C=O) groups excluding carboxylic acids is 1. The van der Waals surface area contributed by atoms with E-state index in [0.717, 1.165) is 11.3 Å². The third kappa shape index (κ3) is 3.76. The lowest BCUT2D eigenvalue weighted by molar-refractivity contribution is 0.0989. The quantitative estimate of drug-likeness (QED) is 0.401. The maximum atomic E-state index is 14.0. The zero-order valence-corrected chi connectivity index (χ0v) is 21.3. The molecule has 5 rings (SSSR count). The third-order valence-corrected chi connectivity index (χ3v) is 6.54. The SMILES string of the molecule is COc1ncc(-c2nc3c(n2C(C)C)C(c2ccc(Cl)cc2)N(c2cc(C)c(=O)n(C)c2)C3=O)cn1. The van der Waals surface area contributed by atoms with Crippen molar-refractivity contribution in [3.05, 3.63) is 86.8 Å². The van der Waals surface area contributed by atoms with Crippen molar-refractivity contribution in [2.24, 2.45) is 7.05 Å². The normalized spacial score (nSPS) is 15.0. The average Bonchev–Trinajstić information content (AvgIpc) is 3.38. The maximum Gasteiger partial charge on any atom is 0.316 e. The molecule has 1 aliphatic heterocycles. The van der Waals surface area contributed by atoms with Crippen molar-refractivity contribution in [3.63, 3.8) is 0 Å². The predicted octanol–water partition coefficient (Wildman–Crippen LogP) is 4.34. The molecule has 1 atom stereocenters. The van der Waals surface area contributed by atoms with Gasteiger partial charge in [0, 0.05) is 42.3 Å². The molecule has 0 fully saturated rings. The molecule has 10 heteroatoms. The van der Waals surface area contributed by atoms with Crippen LogP contribution in [0.5, 0.6) is 6.01 Å². The second kappa shape index (κ2) is 8.91. The highest BCUT2D eigenvalue weighted by Gasteiger charge is 2.45. The van der Waals surface area contributed by atoms with Crippen LogP contribution < -0.4 is 15.2 Å². The number of amides is 1. The van der Waals surface area contributed by atoms with Gasteiger partial charge in [-0.15, -0.1) is 0 Å². The first-order chi connectivity index (χ1) is 17.2. The fourth-order valence-corrected chi connectivity index (χ4v) is 4.81. The zero-order valence-electron chi connectivity index (χ0n) is 20.6. The second-order valence-electron chi connectivity index (χ2n) is 9.02. The van der Waals surface area contributed by atoms with Gasteiger partial charge >= 0.3 is 6.01 Å². The summed E-state index contributed by atoms with van der Waals surface area (Å²) in [4.78, 5) is 41.3. The van der Waals surface area contributed by atoms with Crippen molar-refractivity contribution in [1.29, 1.82) is 0 Å². The van der Waals surface area contributed by atoms with Crippen molar-refractivity contribution in [3.8, 4) is 17.4 Å². The van der Waals surface area contributed by atoms with E-state index in [0.29, 0.717) is 33.4 Å². The summed E-state index contributed by atoms with van der Waals surface area (Å²) in [7, 11) is 3.18. The Balaban J connectivity index is 1.76. The average molecular weight is 505 g/mol. The van der Waals surface area contributed by atoms with E-state index in [4.69, 9.17) is 21.3 Å². The van der Waals surface area contributed by atoms with Gasteiger partial charge in [-0.05, 0) is 44.5 Å². The minimum absolute atomic E-state index is 0.0252. The molecule has 0 bridgehead atoms. The highest BCUT2D eigenvalue weighted by atomic mass is 35.5. The lowest BCUT2D eigenvalue weighted by Crippen LogP contribution is -2.32. The van der Waals surface area contributed by atoms with Gasteiger partial charge in [0.1, 0.15) is 11.9 Å². The molecule has 1 amide bonds. The van der Waals surface area contributed by atoms with Crippen LogP contribution in [0.1, 0.15) is 53.2 Å². The van der Waals surface area contributed by atoms with Gasteiger partial charge in [-0.3, -0.25) is 14.5 Å². The van der Waals surface area contributed by atoms with Gasteiger partial charge in [-0.1, -0.05) is 23.7 Å². The molecule has 36 heavy (non-hydrogen) atoms. The van der Waals surface area contributed by atoms with E-state index in [2.05, 4.69) is 9.97 Å². The molecule has 0 saturated carbocycles. The number of halogens is 1. The van der Waals surface area contributed by atoms with Gasteiger partial charge in [0.2, 0.25) is 0 Å². The molecule has 0 saturated heterocycles. The smallest absolute Gasteiger partial charge is 0.316 e. The van der Waals surface area contributed by atoms with Crippen molar-refractivity contribution < 1.29 is 9.53 Å². The zero-order chi connectivity index (χ0) is 25.7. The van der Waals surface area contributed by atoms with Crippen LogP contribution in [0, 0.1) is 6.92 Å². The summed E-state index contributed by atoms with van der Waals surface area (Å²) < 4.78 is 8.63. The highest BCUT2D eigenvalue weighted by Crippen LogP contribution is 2.44. The molecular formula is C26H25ClN6O3. The Kier molecular flexibility index (Phi) is 5.88. The van der Waals surface area contributed by atoms with E-state index in [1.165, 1.54) is 11.7 Å². The molecule has 1 aromatic carbocycles. The molecule has 3 aromatic heterocycles. The lowest BCUT2D eigenvalue weighted by Gasteiger charge is -2.29. The summed E-state index contributed by atoms with van der Waals surface area (Å²) in [5.41, 5.74) is 3.70. The predicted molar refractivity (Wildman–Crippen MR) is 137 cm³/mol. The minimum Gasteiger partial charge on any atom is -0.467 e. The van der Waals surface area contributed by atoms with Gasteiger partial charge in [-0.2, -0.15) is 0 Å². The van der Waals surface area contributed by atoms with E-state index in [9.17, 15) is 9.59 Å². The Morgan fingerprint density at radius 1 is 1.08 bits per heavy atom. The monoisotopic (exact) mass is 504 g/mol. The van der Waals surface area contributed by atoms with Gasteiger partial charge in [0.15, 0.2) is 5.69 Å². The summed E-state index contributed by atoms with van der Waals surface area (Å²) in [5, 5.41) is 0.598. The first-order valence-corrected chi connectivity index (χ1v) is 11.8. The van der Waals surface area contributed by atoms with Crippen LogP contribution >= 0.6 is 11.6 Å². The van der Waals surface area contributed by atoms with Crippen molar-refractivity contribution in [2.45, 2.75) is 32.9 Å². The number of anilines is 1. The second-order valence-corrected chi connectivity index (χ2v) is 9.45. The molecule has 1 aliphatic rings. The van der Waals surface area contributed by atoms with Crippen LogP contribution in [0.25, 0.3) is 11.4 Å². The van der Waals surface area contributed by atoms with E-state index in [1.54, 1.807) is 55.7 Å². The first kappa shape index (κ1) is 23.7. The summed E-state index contributed by atoms with van der Waals surface area (Å²) in [6.45, 7) is 5.82. The number of aromatic nitrogens is 5. The Morgan fingerprint density at radius 2 is 1.75 bits per heavy atom. The number of benzene rings is 1. The number of hydrogen-bond donors (Lipinski definition) is 0. The Bertz CT molecular complexity index is 1500. The molecule has 0 radical (unpaired) electrons. The Labute approximate surface area is 213 Å². The van der Waals surface area contributed by atoms with Gasteiger partial charge in [0.05, 0.1) is 24.1 Å². The minimum atomic E-state index is -0.482. The number of carbonyl (C=O) groups is 1. The van der Waals surface area contributed by atoms with Crippen molar-refractivity contribution in [1.82, 2.24) is 24.1 Å². The van der Waals surface area contributed by atoms with E-state index >= 15 is 0 Å². The highest BCUT2D eigenvalue weighted by molar-refractivity contribution is 6.30. The first-order valence-electron chi connectivity index (χ1n) is 11.5. The fraction of sp³-hybridized carbons (Fsp3) is 0.269. The number of aryl methyl sites for hydroxylation is 2. The molecule has 4 aromatic rings. The third-order valence-electron chi connectivity index (χ3n) is 6.28. The van der Waals surface area contributed by atoms with Crippen LogP contribution in [0.4, 0.5) is 5.69 Å². The number of nitrogens with zero attached hydrogens (tertiary/aromatic N) is 6. The summed E-state index contributed by atoms with van der Waals surface area (Å²) in [5.74, 6) is 0.347. The number of fused-ring (bicyclic) bond motifs is 1.